The van der Waals surface area contributed by atoms with Crippen LogP contribution in [0.15, 0.2) is 48.5 Å². The van der Waals surface area contributed by atoms with Crippen molar-refractivity contribution in [3.05, 3.63) is 59.7 Å². The minimum absolute atomic E-state index is 0.0670. The van der Waals surface area contributed by atoms with E-state index in [2.05, 4.69) is 36.1 Å². The van der Waals surface area contributed by atoms with E-state index in [1.54, 1.807) is 0 Å². The van der Waals surface area contributed by atoms with Crippen LogP contribution in [-0.4, -0.2) is 55.8 Å². The molecule has 38 heavy (non-hydrogen) atoms. The summed E-state index contributed by atoms with van der Waals surface area (Å²) in [7, 11) is 1.91. The first-order valence-electron chi connectivity index (χ1n) is 12.6. The van der Waals surface area contributed by atoms with Crippen molar-refractivity contribution in [1.29, 1.82) is 5.26 Å². The van der Waals surface area contributed by atoms with Crippen LogP contribution in [0.3, 0.4) is 0 Å². The first-order chi connectivity index (χ1) is 18.3. The number of unbranched alkanes of at least 4 members (excludes halogenated alkanes) is 1. The predicted octanol–water partition coefficient (Wildman–Crippen LogP) is 4.08. The Hall–Kier alpha value is -4.03. The average molecular weight is 524 g/mol. The molecule has 2 aromatic carbocycles. The number of nitrogens with zero attached hydrogens (tertiary/aromatic N) is 2. The second kappa shape index (κ2) is 21.1. The third kappa shape index (κ3) is 13.3. The Bertz CT molecular complexity index is 980. The minimum Gasteiger partial charge on any atom is -0.388 e. The fourth-order valence-electron chi connectivity index (χ4n) is 3.29. The Morgan fingerprint density at radius 2 is 1.58 bits per heavy atom. The number of para-hydroxylation sites is 2. The van der Waals surface area contributed by atoms with E-state index in [0.717, 1.165) is 28.8 Å². The van der Waals surface area contributed by atoms with Crippen molar-refractivity contribution in [3.63, 3.8) is 0 Å². The molecule has 1 saturated heterocycles. The minimum atomic E-state index is -0.510. The van der Waals surface area contributed by atoms with Gasteiger partial charge < -0.3 is 20.4 Å². The van der Waals surface area contributed by atoms with E-state index in [-0.39, 0.29) is 30.9 Å². The Morgan fingerprint density at radius 1 is 1.00 bits per heavy atom. The largest absolute Gasteiger partial charge is 0.388 e. The number of hydrogen-bond donors (Lipinski definition) is 3. The van der Waals surface area contributed by atoms with Crippen LogP contribution < -0.4 is 16.2 Å². The van der Waals surface area contributed by atoms with Gasteiger partial charge in [-0.2, -0.15) is 5.26 Å². The first-order valence-corrected chi connectivity index (χ1v) is 12.6. The molecule has 3 N–H and O–H groups in total. The molecule has 206 valence electrons. The third-order valence-corrected chi connectivity index (χ3v) is 5.55. The number of carbonyl (C=O) groups excluding carboxylic acids is 4. The second-order valence-corrected chi connectivity index (χ2v) is 8.46. The maximum absolute atomic E-state index is 12.2. The first kappa shape index (κ1) is 34.0. The van der Waals surface area contributed by atoms with Gasteiger partial charge in [-0.3, -0.25) is 14.4 Å². The van der Waals surface area contributed by atoms with Crippen molar-refractivity contribution < 1.29 is 19.2 Å². The molecule has 0 saturated carbocycles. The second-order valence-electron chi connectivity index (χ2n) is 8.46. The third-order valence-electron chi connectivity index (χ3n) is 5.55. The van der Waals surface area contributed by atoms with Crippen LogP contribution in [0, 0.1) is 31.1 Å². The quantitative estimate of drug-likeness (QED) is 0.268. The molecule has 3 rings (SSSR count). The molecule has 0 bridgehead atoms. The number of aldehydes is 3. The lowest BCUT2D eigenvalue weighted by molar-refractivity contribution is -0.130. The maximum atomic E-state index is 12.2. The zero-order chi connectivity index (χ0) is 28.8. The molecule has 1 aliphatic rings. The topological polar surface area (TPSA) is 131 Å². The van der Waals surface area contributed by atoms with E-state index in [9.17, 15) is 9.59 Å². The van der Waals surface area contributed by atoms with Gasteiger partial charge in [0.1, 0.15) is 12.3 Å². The van der Waals surface area contributed by atoms with Crippen LogP contribution in [0.1, 0.15) is 44.2 Å². The van der Waals surface area contributed by atoms with Crippen molar-refractivity contribution in [2.75, 3.05) is 30.9 Å². The van der Waals surface area contributed by atoms with Gasteiger partial charge in [0.15, 0.2) is 12.6 Å². The summed E-state index contributed by atoms with van der Waals surface area (Å²) in [5.41, 5.74) is 10.2. The van der Waals surface area contributed by atoms with Gasteiger partial charge in [-0.15, -0.1) is 0 Å². The Kier molecular flexibility index (Phi) is 18.9. The number of amides is 1. The molecule has 0 aromatic heterocycles. The summed E-state index contributed by atoms with van der Waals surface area (Å²) in [5, 5.41) is 12.1. The molecule has 0 radical (unpaired) electrons. The lowest BCUT2D eigenvalue weighted by Gasteiger charge is -2.20. The molecule has 1 heterocycles. The van der Waals surface area contributed by atoms with E-state index in [1.807, 2.05) is 69.4 Å². The molecule has 9 heteroatoms. The van der Waals surface area contributed by atoms with Crippen molar-refractivity contribution in [2.45, 2.75) is 53.0 Å². The molecule has 1 amide bonds. The van der Waals surface area contributed by atoms with Gasteiger partial charge >= 0.3 is 0 Å². The maximum Gasteiger partial charge on any atom is 0.239 e. The number of anilines is 2. The van der Waals surface area contributed by atoms with Gasteiger partial charge in [-0.05, 0) is 43.5 Å². The molecule has 2 unspecified atom stereocenters. The van der Waals surface area contributed by atoms with Crippen molar-refractivity contribution in [2.24, 2.45) is 5.92 Å². The summed E-state index contributed by atoms with van der Waals surface area (Å²) >= 11 is 0. The summed E-state index contributed by atoms with van der Waals surface area (Å²) in [6.45, 7) is 8.72. The lowest BCUT2D eigenvalue weighted by Crippen LogP contribution is -2.42. The zero-order valence-electron chi connectivity index (χ0n) is 23.1. The number of hydrogen-bond acceptors (Lipinski definition) is 8. The molecular weight excluding hydrogens is 482 g/mol. The molecule has 0 aliphatic carbocycles. The number of hydrazine groups is 1. The summed E-state index contributed by atoms with van der Waals surface area (Å²) in [4.78, 5) is 42.1. The van der Waals surface area contributed by atoms with Gasteiger partial charge in [0.2, 0.25) is 5.91 Å². The molecule has 1 fully saturated rings. The number of benzene rings is 2. The normalized spacial score (nSPS) is 15.0. The smallest absolute Gasteiger partial charge is 0.239 e. The van der Waals surface area contributed by atoms with Gasteiger partial charge in [-0.1, -0.05) is 63.1 Å². The SMILES string of the molecule is CCCC.CNc1ccccc1.Cc1cccc(C)c1NNCC(=O)N1CC(C=O)CC1C#N.O=CC=O. The van der Waals surface area contributed by atoms with Crippen LogP contribution in [0.25, 0.3) is 0 Å². The van der Waals surface area contributed by atoms with E-state index in [1.165, 1.54) is 17.7 Å². The van der Waals surface area contributed by atoms with Crippen molar-refractivity contribution >= 4 is 36.1 Å². The summed E-state index contributed by atoms with van der Waals surface area (Å²) in [6, 6.07) is 17.6. The number of nitriles is 1. The molecule has 2 aromatic rings. The summed E-state index contributed by atoms with van der Waals surface area (Å²) < 4.78 is 0. The fraction of sp³-hybridized carbons (Fsp3) is 0.414. The van der Waals surface area contributed by atoms with Crippen LogP contribution in [-0.2, 0) is 19.2 Å². The van der Waals surface area contributed by atoms with Crippen LogP contribution >= 0.6 is 0 Å². The zero-order valence-corrected chi connectivity index (χ0v) is 23.1. The Morgan fingerprint density at radius 3 is 2.00 bits per heavy atom. The highest BCUT2D eigenvalue weighted by Crippen LogP contribution is 2.21. The van der Waals surface area contributed by atoms with Gasteiger partial charge in [0, 0.05) is 25.2 Å². The highest BCUT2D eigenvalue weighted by atomic mass is 16.2. The van der Waals surface area contributed by atoms with Gasteiger partial charge in [0.05, 0.1) is 18.3 Å². The molecule has 9 nitrogen and oxygen atoms in total. The van der Waals surface area contributed by atoms with E-state index in [0.29, 0.717) is 13.0 Å². The molecule has 2 atom stereocenters. The highest BCUT2D eigenvalue weighted by Gasteiger charge is 2.34. The molecule has 0 spiro atoms. The summed E-state index contributed by atoms with van der Waals surface area (Å²) in [6.07, 6.45) is 4.27. The van der Waals surface area contributed by atoms with Crippen molar-refractivity contribution in [3.8, 4) is 6.07 Å². The highest BCUT2D eigenvalue weighted by molar-refractivity contribution is 6.09. The fourth-order valence-corrected chi connectivity index (χ4v) is 3.29. The van der Waals surface area contributed by atoms with Crippen LogP contribution in [0.2, 0.25) is 0 Å². The van der Waals surface area contributed by atoms with Crippen LogP contribution in [0.4, 0.5) is 11.4 Å². The molecular formula is C29H41N5O4. The predicted molar refractivity (Wildman–Crippen MR) is 152 cm³/mol. The monoisotopic (exact) mass is 523 g/mol. The van der Waals surface area contributed by atoms with Crippen LogP contribution in [0.5, 0.6) is 0 Å². The Balaban J connectivity index is 0.000000696. The lowest BCUT2D eigenvalue weighted by atomic mass is 10.1. The number of likely N-dealkylation sites (tertiary alicyclic amines) is 1. The average Bonchev–Trinajstić information content (AvgIpc) is 3.39. The summed E-state index contributed by atoms with van der Waals surface area (Å²) in [5.74, 6) is -0.421. The van der Waals surface area contributed by atoms with Gasteiger partial charge in [-0.25, -0.2) is 5.43 Å². The number of rotatable bonds is 8. The van der Waals surface area contributed by atoms with Crippen molar-refractivity contribution in [1.82, 2.24) is 10.3 Å². The number of carbonyl (C=O) groups is 4. The number of nitrogens with one attached hydrogen (secondary N) is 3. The molecule has 1 aliphatic heterocycles. The van der Waals surface area contributed by atoms with E-state index < -0.39 is 6.04 Å². The van der Waals surface area contributed by atoms with Gasteiger partial charge in [0.25, 0.3) is 0 Å². The Labute approximate surface area is 226 Å². The van der Waals surface area contributed by atoms with E-state index >= 15 is 0 Å². The standard InChI is InChI=1S/C16H20N4O2.C7H9N.C4H10.C2H2O2/c1-11-4-3-5-12(2)16(11)19-18-8-15(22)20-9-13(10-21)6-14(20)7-17;1-8-7-5-3-2-4-6-7;1-3-4-2;3-1-2-4/h3-5,10,13-14,18-19H,6,8-9H2,1-2H3;2-6,8H,1H3;3-4H2,1-2H3;1-2H. The number of aryl methyl sites for hydroxylation is 2. The van der Waals surface area contributed by atoms with E-state index in [4.69, 9.17) is 14.9 Å².